The number of aliphatic hydroxyl groups is 1. The van der Waals surface area contributed by atoms with Crippen LogP contribution in [0.5, 0.6) is 11.5 Å². The van der Waals surface area contributed by atoms with Crippen LogP contribution in [0, 0.1) is 0 Å². The van der Waals surface area contributed by atoms with Crippen LogP contribution in [0.15, 0.2) is 61.2 Å². The van der Waals surface area contributed by atoms with Crippen LogP contribution < -0.4 is 9.47 Å². The molecule has 2 aromatic rings. The van der Waals surface area contributed by atoms with Crippen LogP contribution in [0.4, 0.5) is 0 Å². The summed E-state index contributed by atoms with van der Waals surface area (Å²) in [6, 6.07) is 15.8. The van der Waals surface area contributed by atoms with E-state index in [4.69, 9.17) is 18.9 Å². The van der Waals surface area contributed by atoms with E-state index in [2.05, 4.69) is 32.6 Å². The van der Waals surface area contributed by atoms with E-state index in [9.17, 15) is 9.90 Å². The Kier molecular flexibility index (Phi) is 6.56. The highest BCUT2D eigenvalue weighted by molar-refractivity contribution is 5.81. The number of epoxide rings is 1. The summed E-state index contributed by atoms with van der Waals surface area (Å²) in [5.74, 6) is 0.857. The van der Waals surface area contributed by atoms with Crippen molar-refractivity contribution >= 4 is 5.97 Å². The van der Waals surface area contributed by atoms with Crippen LogP contribution in [-0.4, -0.2) is 43.3 Å². The molecule has 1 aliphatic rings. The first-order chi connectivity index (χ1) is 13.9. The van der Waals surface area contributed by atoms with E-state index >= 15 is 0 Å². The lowest BCUT2D eigenvalue weighted by Gasteiger charge is -2.26. The third-order valence-corrected chi connectivity index (χ3v) is 4.75. The molecule has 6 heteroatoms. The van der Waals surface area contributed by atoms with Gasteiger partial charge in [0.1, 0.15) is 37.4 Å². The molecule has 2 aromatic carbocycles. The predicted octanol–water partition coefficient (Wildman–Crippen LogP) is 3.22. The van der Waals surface area contributed by atoms with E-state index in [0.29, 0.717) is 12.4 Å². The Labute approximate surface area is 170 Å². The average molecular weight is 398 g/mol. The van der Waals surface area contributed by atoms with Crippen LogP contribution in [0.1, 0.15) is 25.0 Å². The van der Waals surface area contributed by atoms with Gasteiger partial charge in [-0.1, -0.05) is 44.7 Å². The highest BCUT2D eigenvalue weighted by Crippen LogP contribution is 2.33. The van der Waals surface area contributed by atoms with Gasteiger partial charge in [-0.25, -0.2) is 4.79 Å². The highest BCUT2D eigenvalue weighted by atomic mass is 16.8. The molecule has 0 radical (unpaired) electrons. The van der Waals surface area contributed by atoms with Crippen molar-refractivity contribution in [3.63, 3.8) is 0 Å². The van der Waals surface area contributed by atoms with Crippen molar-refractivity contribution < 1.29 is 28.8 Å². The molecule has 0 aromatic heterocycles. The summed E-state index contributed by atoms with van der Waals surface area (Å²) in [6.07, 6.45) is 0.0432. The predicted molar refractivity (Wildman–Crippen MR) is 108 cm³/mol. The van der Waals surface area contributed by atoms with Crippen molar-refractivity contribution in [3.05, 3.63) is 72.3 Å². The van der Waals surface area contributed by atoms with Crippen molar-refractivity contribution in [1.29, 1.82) is 0 Å². The number of aliphatic hydroxyl groups excluding tert-OH is 1. The van der Waals surface area contributed by atoms with Crippen LogP contribution in [-0.2, 0) is 19.7 Å². The van der Waals surface area contributed by atoms with Gasteiger partial charge in [0.05, 0.1) is 0 Å². The second kappa shape index (κ2) is 9.11. The minimum Gasteiger partial charge on any atom is -0.491 e. The Balaban J connectivity index is 1.56. The Morgan fingerprint density at radius 2 is 1.69 bits per heavy atom. The summed E-state index contributed by atoms with van der Waals surface area (Å²) in [6.45, 7) is 8.15. The fourth-order valence-electron chi connectivity index (χ4n) is 2.82. The molecule has 0 bridgehead atoms. The molecule has 154 valence electrons. The van der Waals surface area contributed by atoms with Gasteiger partial charge in [0.15, 0.2) is 0 Å². The van der Waals surface area contributed by atoms with Crippen LogP contribution in [0.2, 0.25) is 0 Å². The van der Waals surface area contributed by atoms with Crippen molar-refractivity contribution in [3.8, 4) is 11.5 Å². The van der Waals surface area contributed by atoms with Crippen LogP contribution >= 0.6 is 0 Å². The van der Waals surface area contributed by atoms with Gasteiger partial charge in [-0.3, -0.25) is 0 Å². The highest BCUT2D eigenvalue weighted by Gasteiger charge is 2.26. The number of carbonyl (C=O) groups is 1. The molecule has 1 heterocycles. The van der Waals surface area contributed by atoms with E-state index in [1.807, 2.05) is 36.4 Å². The monoisotopic (exact) mass is 398 g/mol. The molecule has 2 atom stereocenters. The van der Waals surface area contributed by atoms with Crippen molar-refractivity contribution in [2.45, 2.75) is 31.7 Å². The lowest BCUT2D eigenvalue weighted by atomic mass is 9.78. The molecule has 1 saturated heterocycles. The SMILES string of the molecule is C=CC(=O)OCC(O)COc1ccc(C(C)(C)c2ccc(OC3CO3)cc2)cc1. The summed E-state index contributed by atoms with van der Waals surface area (Å²) in [7, 11) is 0. The van der Waals surface area contributed by atoms with E-state index in [0.717, 1.165) is 23.0 Å². The number of esters is 1. The smallest absolute Gasteiger partial charge is 0.330 e. The van der Waals surface area contributed by atoms with Gasteiger partial charge in [-0.15, -0.1) is 0 Å². The van der Waals surface area contributed by atoms with Gasteiger partial charge in [0, 0.05) is 11.5 Å². The minimum atomic E-state index is -0.906. The van der Waals surface area contributed by atoms with Crippen molar-refractivity contribution in [1.82, 2.24) is 0 Å². The van der Waals surface area contributed by atoms with Gasteiger partial charge < -0.3 is 24.1 Å². The summed E-state index contributed by atoms with van der Waals surface area (Å²) in [5, 5.41) is 9.81. The third-order valence-electron chi connectivity index (χ3n) is 4.75. The van der Waals surface area contributed by atoms with Gasteiger partial charge >= 0.3 is 5.97 Å². The fraction of sp³-hybridized carbons (Fsp3) is 0.348. The Bertz CT molecular complexity index is 821. The van der Waals surface area contributed by atoms with Gasteiger partial charge in [-0.2, -0.15) is 0 Å². The summed E-state index contributed by atoms with van der Waals surface area (Å²) in [5.41, 5.74) is 2.09. The van der Waals surface area contributed by atoms with E-state index in [1.165, 1.54) is 0 Å². The number of hydrogen-bond acceptors (Lipinski definition) is 6. The first-order valence-electron chi connectivity index (χ1n) is 9.48. The third kappa shape index (κ3) is 5.82. The quantitative estimate of drug-likeness (QED) is 0.376. The molecular weight excluding hydrogens is 372 g/mol. The number of benzene rings is 2. The molecular formula is C23H26O6. The normalized spacial score (nSPS) is 16.6. The maximum absolute atomic E-state index is 11.0. The number of hydrogen-bond donors (Lipinski definition) is 1. The summed E-state index contributed by atoms with van der Waals surface area (Å²) < 4.78 is 21.0. The van der Waals surface area contributed by atoms with Gasteiger partial charge in [0.25, 0.3) is 0 Å². The molecule has 0 saturated carbocycles. The van der Waals surface area contributed by atoms with Gasteiger partial charge in [0.2, 0.25) is 6.29 Å². The Morgan fingerprint density at radius 3 is 2.21 bits per heavy atom. The maximum atomic E-state index is 11.0. The molecule has 6 nitrogen and oxygen atoms in total. The van der Waals surface area contributed by atoms with Crippen LogP contribution in [0.25, 0.3) is 0 Å². The molecule has 29 heavy (non-hydrogen) atoms. The van der Waals surface area contributed by atoms with Crippen molar-refractivity contribution in [2.24, 2.45) is 0 Å². The van der Waals surface area contributed by atoms with Crippen LogP contribution in [0.3, 0.4) is 0 Å². The zero-order chi connectivity index (χ0) is 20.9. The van der Waals surface area contributed by atoms with E-state index < -0.39 is 12.1 Å². The largest absolute Gasteiger partial charge is 0.491 e. The van der Waals surface area contributed by atoms with Crippen molar-refractivity contribution in [2.75, 3.05) is 19.8 Å². The fourth-order valence-corrected chi connectivity index (χ4v) is 2.82. The lowest BCUT2D eigenvalue weighted by Crippen LogP contribution is -2.24. The molecule has 0 spiro atoms. The molecule has 2 unspecified atom stereocenters. The first kappa shape index (κ1) is 20.9. The number of carbonyl (C=O) groups excluding carboxylic acids is 1. The standard InChI is InChI=1S/C23H26O6/c1-4-21(25)27-14-18(24)13-26-19-9-5-16(6-10-19)23(2,3)17-7-11-20(12-8-17)29-22-15-28-22/h4-12,18,22,24H,1,13-15H2,2-3H3. The minimum absolute atomic E-state index is 0.0271. The Hall–Kier alpha value is -2.83. The maximum Gasteiger partial charge on any atom is 0.330 e. The first-order valence-corrected chi connectivity index (χ1v) is 9.48. The van der Waals surface area contributed by atoms with E-state index in [-0.39, 0.29) is 24.9 Å². The second-order valence-corrected chi connectivity index (χ2v) is 7.35. The zero-order valence-electron chi connectivity index (χ0n) is 16.7. The summed E-state index contributed by atoms with van der Waals surface area (Å²) >= 11 is 0. The molecule has 3 rings (SSSR count). The summed E-state index contributed by atoms with van der Waals surface area (Å²) in [4.78, 5) is 11.0. The second-order valence-electron chi connectivity index (χ2n) is 7.35. The average Bonchev–Trinajstić information content (AvgIpc) is 3.55. The Morgan fingerprint density at radius 1 is 1.14 bits per heavy atom. The topological polar surface area (TPSA) is 77.5 Å². The lowest BCUT2D eigenvalue weighted by molar-refractivity contribution is -0.141. The molecule has 1 fully saturated rings. The molecule has 1 aliphatic heterocycles. The number of ether oxygens (including phenoxy) is 4. The zero-order valence-corrected chi connectivity index (χ0v) is 16.7. The molecule has 0 amide bonds. The number of rotatable bonds is 10. The molecule has 1 N–H and O–H groups in total. The molecule has 0 aliphatic carbocycles. The van der Waals surface area contributed by atoms with Gasteiger partial charge in [-0.05, 0) is 35.4 Å². The van der Waals surface area contributed by atoms with E-state index in [1.54, 1.807) is 0 Å².